The van der Waals surface area contributed by atoms with E-state index in [0.29, 0.717) is 24.6 Å². The van der Waals surface area contributed by atoms with Gasteiger partial charge in [-0.05, 0) is 23.8 Å². The minimum Gasteiger partial charge on any atom is -0.446 e. The van der Waals surface area contributed by atoms with Crippen LogP contribution in [-0.2, 0) is 15.7 Å². The standard InChI is InChI=1S/C21H19F3N4O3/c22-21(23,24)15-8-14(9-16(10-15)28-20-26-6-7-27-20)18(29)11-17(19(30)31-12-25)13-4-2-1-3-5-13/h1-5,8-11H,6-7,12,25H2,(H2,26,27,28). The Morgan fingerprint density at radius 3 is 2.52 bits per heavy atom. The minimum absolute atomic E-state index is 0.0329. The van der Waals surface area contributed by atoms with E-state index in [9.17, 15) is 22.8 Å². The Morgan fingerprint density at radius 1 is 1.16 bits per heavy atom. The van der Waals surface area contributed by atoms with E-state index in [1.54, 1.807) is 30.3 Å². The van der Waals surface area contributed by atoms with Crippen molar-refractivity contribution in [3.05, 3.63) is 71.3 Å². The molecule has 2 aromatic rings. The van der Waals surface area contributed by atoms with E-state index in [2.05, 4.69) is 15.6 Å². The quantitative estimate of drug-likeness (QED) is 0.281. The van der Waals surface area contributed by atoms with Crippen molar-refractivity contribution in [2.45, 2.75) is 6.18 Å². The normalized spacial score (nSPS) is 13.9. The number of aliphatic imine (C=N–C) groups is 1. The maximum Gasteiger partial charge on any atom is 0.416 e. The van der Waals surface area contributed by atoms with Crippen LogP contribution in [0.1, 0.15) is 21.5 Å². The van der Waals surface area contributed by atoms with E-state index < -0.39 is 30.2 Å². The van der Waals surface area contributed by atoms with Crippen molar-refractivity contribution in [3.8, 4) is 0 Å². The molecule has 1 heterocycles. The van der Waals surface area contributed by atoms with Gasteiger partial charge in [-0.15, -0.1) is 0 Å². The molecule has 1 aliphatic rings. The first-order valence-electron chi connectivity index (χ1n) is 9.24. The largest absolute Gasteiger partial charge is 0.446 e. The Hall–Kier alpha value is -3.66. The summed E-state index contributed by atoms with van der Waals surface area (Å²) in [5.74, 6) is -1.36. The third kappa shape index (κ3) is 5.70. The topological polar surface area (TPSA) is 106 Å². The van der Waals surface area contributed by atoms with Crippen LogP contribution >= 0.6 is 0 Å². The zero-order valence-electron chi connectivity index (χ0n) is 16.2. The lowest BCUT2D eigenvalue weighted by molar-refractivity contribution is -0.138. The number of anilines is 1. The molecule has 2 aromatic carbocycles. The summed E-state index contributed by atoms with van der Waals surface area (Å²) in [7, 11) is 0. The van der Waals surface area contributed by atoms with E-state index in [1.165, 1.54) is 6.07 Å². The van der Waals surface area contributed by atoms with Crippen molar-refractivity contribution in [1.29, 1.82) is 0 Å². The molecular formula is C21H19F3N4O3. The molecule has 0 saturated heterocycles. The molecule has 4 N–H and O–H groups in total. The first-order valence-corrected chi connectivity index (χ1v) is 9.24. The van der Waals surface area contributed by atoms with Crippen LogP contribution in [-0.4, -0.2) is 37.5 Å². The SMILES string of the molecule is NCOC(=O)C(=CC(=O)c1cc(NC2=NCCN2)cc(C(F)(F)F)c1)c1ccccc1. The molecule has 0 radical (unpaired) electrons. The van der Waals surface area contributed by atoms with Crippen LogP contribution < -0.4 is 16.4 Å². The van der Waals surface area contributed by atoms with E-state index in [4.69, 9.17) is 10.5 Å². The van der Waals surface area contributed by atoms with Crippen LogP contribution in [0.15, 0.2) is 59.6 Å². The number of alkyl halides is 3. The van der Waals surface area contributed by atoms with Gasteiger partial charge in [0, 0.05) is 23.9 Å². The number of ether oxygens (including phenoxy) is 1. The summed E-state index contributed by atoms with van der Waals surface area (Å²) in [6, 6.07) is 11.0. The number of allylic oxidation sites excluding steroid dienone is 1. The van der Waals surface area contributed by atoms with Gasteiger partial charge in [0.25, 0.3) is 0 Å². The van der Waals surface area contributed by atoms with Crippen molar-refractivity contribution >= 4 is 29.0 Å². The molecule has 3 rings (SSSR count). The lowest BCUT2D eigenvalue weighted by Crippen LogP contribution is -2.26. The van der Waals surface area contributed by atoms with Crippen molar-refractivity contribution in [3.63, 3.8) is 0 Å². The van der Waals surface area contributed by atoms with Gasteiger partial charge in [0.15, 0.2) is 11.7 Å². The molecule has 0 amide bonds. The molecule has 0 aromatic heterocycles. The zero-order valence-corrected chi connectivity index (χ0v) is 16.2. The molecule has 10 heteroatoms. The highest BCUT2D eigenvalue weighted by molar-refractivity contribution is 6.24. The monoisotopic (exact) mass is 432 g/mol. The van der Waals surface area contributed by atoms with E-state index in [-0.39, 0.29) is 16.8 Å². The zero-order chi connectivity index (χ0) is 22.4. The van der Waals surface area contributed by atoms with Crippen LogP contribution in [0.25, 0.3) is 5.57 Å². The lowest BCUT2D eigenvalue weighted by Gasteiger charge is -2.13. The average Bonchev–Trinajstić information content (AvgIpc) is 3.24. The van der Waals surface area contributed by atoms with Gasteiger partial charge >= 0.3 is 12.1 Å². The van der Waals surface area contributed by atoms with Crippen LogP contribution in [0.4, 0.5) is 18.9 Å². The molecule has 0 bridgehead atoms. The molecular weight excluding hydrogens is 413 g/mol. The number of carbonyl (C=O) groups excluding carboxylic acids is 2. The first-order chi connectivity index (χ1) is 14.8. The second-order valence-corrected chi connectivity index (χ2v) is 6.47. The number of halogens is 3. The fourth-order valence-electron chi connectivity index (χ4n) is 2.87. The predicted octanol–water partition coefficient (Wildman–Crippen LogP) is 2.80. The Bertz CT molecular complexity index is 1030. The van der Waals surface area contributed by atoms with Gasteiger partial charge in [-0.2, -0.15) is 13.2 Å². The number of benzene rings is 2. The van der Waals surface area contributed by atoms with Crippen LogP contribution in [0.2, 0.25) is 0 Å². The van der Waals surface area contributed by atoms with Gasteiger partial charge in [-0.3, -0.25) is 15.5 Å². The Balaban J connectivity index is 2.02. The summed E-state index contributed by atoms with van der Waals surface area (Å²) in [6.45, 7) is 0.628. The number of guanidine groups is 1. The molecule has 162 valence electrons. The predicted molar refractivity (Wildman–Crippen MR) is 109 cm³/mol. The number of nitrogens with two attached hydrogens (primary N) is 1. The van der Waals surface area contributed by atoms with E-state index in [1.807, 2.05) is 0 Å². The number of ketones is 1. The number of rotatable bonds is 6. The second kappa shape index (κ2) is 9.43. The minimum atomic E-state index is -4.68. The van der Waals surface area contributed by atoms with Gasteiger partial charge < -0.3 is 15.4 Å². The first kappa shape index (κ1) is 22.0. The Kier molecular flexibility index (Phi) is 6.71. The van der Waals surface area contributed by atoms with Gasteiger partial charge in [0.1, 0.15) is 6.73 Å². The van der Waals surface area contributed by atoms with Gasteiger partial charge in [0.2, 0.25) is 0 Å². The number of hydrogen-bond donors (Lipinski definition) is 3. The van der Waals surface area contributed by atoms with Crippen molar-refractivity contribution in [2.75, 3.05) is 25.1 Å². The fourth-order valence-corrected chi connectivity index (χ4v) is 2.87. The van der Waals surface area contributed by atoms with Gasteiger partial charge in [0.05, 0.1) is 17.7 Å². The molecule has 31 heavy (non-hydrogen) atoms. The molecule has 1 aliphatic heterocycles. The summed E-state index contributed by atoms with van der Waals surface area (Å²) in [4.78, 5) is 29.2. The molecule has 0 unspecified atom stereocenters. The second-order valence-electron chi connectivity index (χ2n) is 6.47. The van der Waals surface area contributed by atoms with E-state index in [0.717, 1.165) is 18.2 Å². The number of nitrogens with zero attached hydrogens (tertiary/aromatic N) is 1. The molecule has 0 spiro atoms. The lowest BCUT2D eigenvalue weighted by atomic mass is 10.00. The summed E-state index contributed by atoms with van der Waals surface area (Å²) in [6.07, 6.45) is -3.74. The van der Waals surface area contributed by atoms with Crippen LogP contribution in [0.3, 0.4) is 0 Å². The third-order valence-corrected chi connectivity index (χ3v) is 4.28. The number of hydrogen-bond acceptors (Lipinski definition) is 7. The highest BCUT2D eigenvalue weighted by Gasteiger charge is 2.32. The Labute approximate surface area is 175 Å². The maximum absolute atomic E-state index is 13.4. The summed E-state index contributed by atoms with van der Waals surface area (Å²) in [5, 5.41) is 5.62. The van der Waals surface area contributed by atoms with Crippen molar-refractivity contribution in [2.24, 2.45) is 10.7 Å². The van der Waals surface area contributed by atoms with Gasteiger partial charge in [-0.1, -0.05) is 30.3 Å². The van der Waals surface area contributed by atoms with Crippen molar-refractivity contribution in [1.82, 2.24) is 5.32 Å². The molecule has 0 atom stereocenters. The summed E-state index contributed by atoms with van der Waals surface area (Å²) in [5.41, 5.74) is 4.25. The van der Waals surface area contributed by atoms with Crippen molar-refractivity contribution < 1.29 is 27.5 Å². The third-order valence-electron chi connectivity index (χ3n) is 4.28. The summed E-state index contributed by atoms with van der Waals surface area (Å²) < 4.78 is 45.0. The molecule has 0 fully saturated rings. The van der Waals surface area contributed by atoms with Crippen LogP contribution in [0, 0.1) is 0 Å². The van der Waals surface area contributed by atoms with Crippen LogP contribution in [0.5, 0.6) is 0 Å². The fraction of sp³-hybridized carbons (Fsp3) is 0.190. The van der Waals surface area contributed by atoms with E-state index >= 15 is 0 Å². The Morgan fingerprint density at radius 2 is 1.90 bits per heavy atom. The molecule has 0 saturated carbocycles. The summed E-state index contributed by atoms with van der Waals surface area (Å²) >= 11 is 0. The molecule has 7 nitrogen and oxygen atoms in total. The maximum atomic E-state index is 13.4. The highest BCUT2D eigenvalue weighted by Crippen LogP contribution is 2.32. The average molecular weight is 432 g/mol. The number of nitrogens with one attached hydrogen (secondary N) is 2. The smallest absolute Gasteiger partial charge is 0.416 e. The highest BCUT2D eigenvalue weighted by atomic mass is 19.4. The number of carbonyl (C=O) groups is 2. The molecule has 0 aliphatic carbocycles. The van der Waals surface area contributed by atoms with Gasteiger partial charge in [-0.25, -0.2) is 4.79 Å². The number of esters is 1.